The number of ether oxygens (including phenoxy) is 7. The molecule has 6 unspecified atom stereocenters. The van der Waals surface area contributed by atoms with E-state index in [1.54, 1.807) is 23.5 Å². The highest BCUT2D eigenvalue weighted by molar-refractivity contribution is 8.00. The highest BCUT2D eigenvalue weighted by Gasteiger charge is 2.49. The molecule has 3 heterocycles. The minimum absolute atomic E-state index is 0.119. The Hall–Kier alpha value is -1.18. The molecule has 2 amide bonds. The number of rotatable bonds is 28. The summed E-state index contributed by atoms with van der Waals surface area (Å²) in [5, 5.41) is 97.7. The molecular formula is C36H66N4O18S3. The third-order valence-electron chi connectivity index (χ3n) is 9.83. The average molecular weight is 939 g/mol. The Labute approximate surface area is 367 Å². The number of amides is 2. The molecular weight excluding hydrogens is 873 g/mol. The van der Waals surface area contributed by atoms with Crippen LogP contribution in [0.15, 0.2) is 4.99 Å². The number of hydrogen-bond donors (Lipinski definition) is 12. The standard InChI is InChI=1S/C36H66N4O18S3/c1-38-23(43)5-6-24(44)40-8-14-60-12-3-9-53-32-30(50)27(47)21(57-34(32)52-2)17-55-35-33(29(49)26(46)19(15-41)56-35)54-10-4-11-59-13-7-39-22(37)18-61-36-31(51)28(48)25(45)20(16-42)58-36/h19-21,25-36,41-42,45-51H,3-18H2,1-2H3,(H2,37,39)(H,38,43)(H,40,44)/t19?,20?,21?,25-,26+,27+,28?,29-,30-,31-,32?,33?,34-,35-,36-/m0/s1. The summed E-state index contributed by atoms with van der Waals surface area (Å²) in [5.74, 6) is 2.66. The lowest BCUT2D eigenvalue weighted by Gasteiger charge is -2.44. The SMILES string of the molecule is CNC(=O)CCC(=O)NCCSCCCOC1[C@@H](OC)OC(CO[C@H]2OC(CO)[C@@H](O)[C@H](O)C2OCCCSCCN=C(N)CS[C@@H]2OC(CO)[C@H](O)C(O)[C@@H]2O)[C@@H](O)[C@@H]1O. The van der Waals surface area contributed by atoms with E-state index in [2.05, 4.69) is 15.6 Å². The third-order valence-corrected chi connectivity index (χ3v) is 13.1. The maximum Gasteiger partial charge on any atom is 0.220 e. The number of aliphatic imine (C=N–C) groups is 1. The Morgan fingerprint density at radius 2 is 1.25 bits per heavy atom. The number of methoxy groups -OCH3 is 1. The number of carbonyl (C=O) groups excluding carboxylic acids is 2. The van der Waals surface area contributed by atoms with Crippen molar-refractivity contribution in [3.05, 3.63) is 0 Å². The van der Waals surface area contributed by atoms with E-state index in [1.807, 2.05) is 0 Å². The number of carbonyl (C=O) groups is 2. The minimum Gasteiger partial charge on any atom is -0.394 e. The van der Waals surface area contributed by atoms with Gasteiger partial charge in [0.25, 0.3) is 0 Å². The van der Waals surface area contributed by atoms with Gasteiger partial charge in [0.05, 0.1) is 25.6 Å². The Balaban J connectivity index is 1.36. The van der Waals surface area contributed by atoms with Gasteiger partial charge in [-0.1, -0.05) is 0 Å². The maximum absolute atomic E-state index is 11.8. The molecule has 25 heteroatoms. The highest BCUT2D eigenvalue weighted by atomic mass is 32.2. The monoisotopic (exact) mass is 938 g/mol. The smallest absolute Gasteiger partial charge is 0.220 e. The van der Waals surface area contributed by atoms with Crippen molar-refractivity contribution in [3.63, 3.8) is 0 Å². The topological polar surface area (TPSA) is 343 Å². The number of thioether (sulfide) groups is 3. The first-order chi connectivity index (χ1) is 29.3. The van der Waals surface area contributed by atoms with Gasteiger partial charge < -0.3 is 95.5 Å². The van der Waals surface area contributed by atoms with Crippen LogP contribution in [0.4, 0.5) is 0 Å². The molecule has 0 saturated carbocycles. The molecule has 0 aromatic rings. The van der Waals surface area contributed by atoms with Crippen LogP contribution < -0.4 is 16.4 Å². The lowest BCUT2D eigenvalue weighted by Crippen LogP contribution is -2.62. The van der Waals surface area contributed by atoms with Gasteiger partial charge in [-0.3, -0.25) is 14.6 Å². The summed E-state index contributed by atoms with van der Waals surface area (Å²) in [6, 6.07) is 0. The summed E-state index contributed by atoms with van der Waals surface area (Å²) >= 11 is 4.23. The molecule has 3 rings (SSSR count). The number of hydrogen-bond acceptors (Lipinski definition) is 22. The van der Waals surface area contributed by atoms with E-state index in [0.717, 1.165) is 11.8 Å². The van der Waals surface area contributed by atoms with Crippen molar-refractivity contribution < 1.29 is 88.7 Å². The molecule has 0 aliphatic carbocycles. The fourth-order valence-electron chi connectivity index (χ4n) is 6.31. The van der Waals surface area contributed by atoms with Crippen LogP contribution in [-0.4, -0.2) is 244 Å². The minimum atomic E-state index is -1.49. The molecule has 22 nitrogen and oxygen atoms in total. The number of nitrogens with zero attached hydrogens (tertiary/aromatic N) is 1. The molecule has 3 aliphatic heterocycles. The van der Waals surface area contributed by atoms with Crippen molar-refractivity contribution in [2.24, 2.45) is 10.7 Å². The fourth-order valence-corrected chi connectivity index (χ4v) is 8.83. The lowest BCUT2D eigenvalue weighted by molar-refractivity contribution is -0.335. The molecule has 0 aromatic heterocycles. The van der Waals surface area contributed by atoms with Crippen LogP contribution in [0.1, 0.15) is 25.7 Å². The summed E-state index contributed by atoms with van der Waals surface area (Å²) < 4.78 is 40.1. The molecule has 3 saturated heterocycles. The van der Waals surface area contributed by atoms with Crippen molar-refractivity contribution in [2.75, 3.05) is 89.0 Å². The fraction of sp³-hybridized carbons (Fsp3) is 0.917. The Morgan fingerprint density at radius 3 is 1.87 bits per heavy atom. The second-order valence-electron chi connectivity index (χ2n) is 14.3. The number of nitrogens with one attached hydrogen (secondary N) is 2. The van der Waals surface area contributed by atoms with E-state index in [0.29, 0.717) is 48.9 Å². The Morgan fingerprint density at radius 1 is 0.689 bits per heavy atom. The first kappa shape index (κ1) is 54.2. The lowest BCUT2D eigenvalue weighted by atomic mass is 9.98. The van der Waals surface area contributed by atoms with E-state index in [1.165, 1.54) is 14.2 Å². The van der Waals surface area contributed by atoms with E-state index in [-0.39, 0.29) is 56.1 Å². The number of aliphatic hydroxyl groups is 9. The zero-order valence-corrected chi connectivity index (χ0v) is 36.9. The molecule has 0 bridgehead atoms. The van der Waals surface area contributed by atoms with Crippen LogP contribution >= 0.6 is 35.3 Å². The van der Waals surface area contributed by atoms with Crippen LogP contribution in [0.2, 0.25) is 0 Å². The summed E-state index contributed by atoms with van der Waals surface area (Å²) in [7, 11) is 2.87. The van der Waals surface area contributed by atoms with Crippen molar-refractivity contribution in [2.45, 2.75) is 117 Å². The zero-order chi connectivity index (χ0) is 44.9. The predicted molar refractivity (Wildman–Crippen MR) is 224 cm³/mol. The summed E-state index contributed by atoms with van der Waals surface area (Å²) in [5.41, 5.74) is 5.08. The largest absolute Gasteiger partial charge is 0.394 e. The molecule has 0 radical (unpaired) electrons. The number of nitrogens with two attached hydrogens (primary N) is 1. The molecule has 15 atom stereocenters. The van der Waals surface area contributed by atoms with Gasteiger partial charge in [0.15, 0.2) is 12.6 Å². The third kappa shape index (κ3) is 17.6. The molecule has 3 fully saturated rings. The molecule has 3 aliphatic rings. The van der Waals surface area contributed by atoms with Crippen molar-refractivity contribution in [1.29, 1.82) is 0 Å². The van der Waals surface area contributed by atoms with Gasteiger partial charge in [0.2, 0.25) is 11.8 Å². The quantitative estimate of drug-likeness (QED) is 0.0199. The van der Waals surface area contributed by atoms with Gasteiger partial charge in [-0.05, 0) is 24.3 Å². The molecule has 356 valence electrons. The van der Waals surface area contributed by atoms with Gasteiger partial charge in [-0.15, -0.1) is 11.8 Å². The van der Waals surface area contributed by atoms with E-state index < -0.39 is 104 Å². The first-order valence-electron chi connectivity index (χ1n) is 20.1. The number of aliphatic hydroxyl groups excluding tert-OH is 9. The Kier molecular flexibility index (Phi) is 26.1. The van der Waals surface area contributed by atoms with Crippen LogP contribution in [0.5, 0.6) is 0 Å². The van der Waals surface area contributed by atoms with Gasteiger partial charge in [0.1, 0.15) is 84.5 Å². The maximum atomic E-state index is 11.8. The normalized spacial score (nSPS) is 34.6. The van der Waals surface area contributed by atoms with Crippen molar-refractivity contribution in [3.8, 4) is 0 Å². The van der Waals surface area contributed by atoms with Gasteiger partial charge in [-0.2, -0.15) is 23.5 Å². The van der Waals surface area contributed by atoms with Crippen LogP contribution in [-0.2, 0) is 42.7 Å². The second-order valence-corrected chi connectivity index (χ2v) is 17.8. The van der Waals surface area contributed by atoms with E-state index >= 15 is 0 Å². The predicted octanol–water partition coefficient (Wildman–Crippen LogP) is -4.92. The van der Waals surface area contributed by atoms with Crippen LogP contribution in [0.25, 0.3) is 0 Å². The van der Waals surface area contributed by atoms with E-state index in [4.69, 9.17) is 38.9 Å². The van der Waals surface area contributed by atoms with Gasteiger partial charge >= 0.3 is 0 Å². The average Bonchev–Trinajstić information content (AvgIpc) is 3.26. The van der Waals surface area contributed by atoms with Crippen LogP contribution in [0.3, 0.4) is 0 Å². The first-order valence-corrected chi connectivity index (χ1v) is 23.5. The number of amidine groups is 1. The highest BCUT2D eigenvalue weighted by Crippen LogP contribution is 2.30. The summed E-state index contributed by atoms with van der Waals surface area (Å²) in [4.78, 5) is 27.4. The Bertz CT molecular complexity index is 1290. The van der Waals surface area contributed by atoms with Crippen LogP contribution in [0, 0.1) is 0 Å². The summed E-state index contributed by atoms with van der Waals surface area (Å²) in [6.45, 7) is -0.301. The van der Waals surface area contributed by atoms with E-state index in [9.17, 15) is 55.5 Å². The summed E-state index contributed by atoms with van der Waals surface area (Å²) in [6.07, 6.45) is -16.7. The van der Waals surface area contributed by atoms with Crippen molar-refractivity contribution >= 4 is 52.9 Å². The zero-order valence-electron chi connectivity index (χ0n) is 34.4. The molecule has 0 spiro atoms. The molecule has 0 aromatic carbocycles. The second kappa shape index (κ2) is 29.4. The van der Waals surface area contributed by atoms with Gasteiger partial charge in [0, 0.05) is 64.8 Å². The van der Waals surface area contributed by atoms with Gasteiger partial charge in [-0.25, -0.2) is 0 Å². The molecule has 13 N–H and O–H groups in total. The molecule has 61 heavy (non-hydrogen) atoms. The van der Waals surface area contributed by atoms with Crippen molar-refractivity contribution in [1.82, 2.24) is 10.6 Å².